The van der Waals surface area contributed by atoms with Gasteiger partial charge in [-0.15, -0.1) is 0 Å². The first kappa shape index (κ1) is 13.2. The van der Waals surface area contributed by atoms with Crippen molar-refractivity contribution in [3.8, 4) is 0 Å². The third-order valence-electron chi connectivity index (χ3n) is 2.97. The molecule has 92 valence electrons. The molecule has 1 rings (SSSR count). The molecule has 0 saturated heterocycles. The van der Waals surface area contributed by atoms with E-state index in [4.69, 9.17) is 0 Å². The number of aromatic nitrogens is 2. The molecule has 0 saturated carbocycles. The molecule has 0 fully saturated rings. The second-order valence-corrected chi connectivity index (χ2v) is 5.27. The summed E-state index contributed by atoms with van der Waals surface area (Å²) >= 11 is 0. The Balaban J connectivity index is 2.53. The fourth-order valence-electron chi connectivity index (χ4n) is 1.67. The standard InChI is InChI=1S/C13H25N3/c1-6-15(7-2)8-9-16-10-12(14-11-16)13(3,4)5/h10-11H,6-9H2,1-5H3. The molecule has 1 aromatic rings. The number of imidazole rings is 1. The van der Waals surface area contributed by atoms with Crippen molar-refractivity contribution in [2.24, 2.45) is 0 Å². The quantitative estimate of drug-likeness (QED) is 0.765. The maximum absolute atomic E-state index is 4.46. The molecular weight excluding hydrogens is 198 g/mol. The first-order valence-corrected chi connectivity index (χ1v) is 6.22. The molecule has 3 nitrogen and oxygen atoms in total. The molecule has 0 aliphatic carbocycles. The Kier molecular flexibility index (Phi) is 4.54. The number of hydrogen-bond donors (Lipinski definition) is 0. The van der Waals surface area contributed by atoms with Crippen LogP contribution in [0.2, 0.25) is 0 Å². The molecule has 3 heteroatoms. The average Bonchev–Trinajstić information content (AvgIpc) is 2.67. The molecule has 0 spiro atoms. The van der Waals surface area contributed by atoms with E-state index in [1.54, 1.807) is 0 Å². The lowest BCUT2D eigenvalue weighted by Crippen LogP contribution is -2.26. The zero-order valence-corrected chi connectivity index (χ0v) is 11.3. The van der Waals surface area contributed by atoms with E-state index in [1.165, 1.54) is 5.69 Å². The summed E-state index contributed by atoms with van der Waals surface area (Å²) in [5, 5.41) is 0. The summed E-state index contributed by atoms with van der Waals surface area (Å²) in [4.78, 5) is 6.89. The molecule has 0 aromatic carbocycles. The van der Waals surface area contributed by atoms with Gasteiger partial charge in [-0.2, -0.15) is 0 Å². The first-order valence-electron chi connectivity index (χ1n) is 6.22. The summed E-state index contributed by atoms with van der Waals surface area (Å²) in [6.45, 7) is 15.4. The van der Waals surface area contributed by atoms with Gasteiger partial charge < -0.3 is 9.47 Å². The van der Waals surface area contributed by atoms with Crippen LogP contribution in [0.4, 0.5) is 0 Å². The van der Waals surface area contributed by atoms with Crippen LogP contribution < -0.4 is 0 Å². The van der Waals surface area contributed by atoms with Crippen molar-refractivity contribution in [1.29, 1.82) is 0 Å². The van der Waals surface area contributed by atoms with Gasteiger partial charge in [0, 0.05) is 24.7 Å². The average molecular weight is 223 g/mol. The van der Waals surface area contributed by atoms with Gasteiger partial charge in [-0.3, -0.25) is 0 Å². The normalized spacial score (nSPS) is 12.4. The minimum atomic E-state index is 0.153. The molecule has 0 N–H and O–H groups in total. The van der Waals surface area contributed by atoms with Crippen molar-refractivity contribution in [3.63, 3.8) is 0 Å². The van der Waals surface area contributed by atoms with E-state index >= 15 is 0 Å². The summed E-state index contributed by atoms with van der Waals surface area (Å²) in [6.07, 6.45) is 4.12. The molecule has 0 bridgehead atoms. The fraction of sp³-hybridized carbons (Fsp3) is 0.769. The predicted octanol–water partition coefficient (Wildman–Crippen LogP) is 2.52. The Labute approximate surface area is 99.5 Å². The predicted molar refractivity (Wildman–Crippen MR) is 68.7 cm³/mol. The Morgan fingerprint density at radius 1 is 1.25 bits per heavy atom. The minimum Gasteiger partial charge on any atom is -0.336 e. The lowest BCUT2D eigenvalue weighted by Gasteiger charge is -2.18. The van der Waals surface area contributed by atoms with Crippen LogP contribution in [0.5, 0.6) is 0 Å². The number of rotatable bonds is 5. The largest absolute Gasteiger partial charge is 0.336 e. The van der Waals surface area contributed by atoms with Gasteiger partial charge in [0.05, 0.1) is 12.0 Å². The summed E-state index contributed by atoms with van der Waals surface area (Å²) in [7, 11) is 0. The van der Waals surface area contributed by atoms with Gasteiger partial charge in [0.1, 0.15) is 0 Å². The van der Waals surface area contributed by atoms with E-state index in [0.29, 0.717) is 0 Å². The maximum atomic E-state index is 4.46. The highest BCUT2D eigenvalue weighted by Gasteiger charge is 2.16. The third kappa shape index (κ3) is 3.63. The van der Waals surface area contributed by atoms with Gasteiger partial charge >= 0.3 is 0 Å². The Morgan fingerprint density at radius 2 is 1.88 bits per heavy atom. The molecule has 1 heterocycles. The Bertz CT molecular complexity index is 305. The highest BCUT2D eigenvalue weighted by Crippen LogP contribution is 2.19. The van der Waals surface area contributed by atoms with Gasteiger partial charge in [-0.1, -0.05) is 34.6 Å². The maximum Gasteiger partial charge on any atom is 0.0950 e. The molecule has 0 amide bonds. The number of hydrogen-bond acceptors (Lipinski definition) is 2. The van der Waals surface area contributed by atoms with E-state index in [-0.39, 0.29) is 5.41 Å². The SMILES string of the molecule is CCN(CC)CCn1cnc(C(C)(C)C)c1. The van der Waals surface area contributed by atoms with Crippen LogP contribution in [0.1, 0.15) is 40.3 Å². The number of likely N-dealkylation sites (N-methyl/N-ethyl adjacent to an activating group) is 1. The van der Waals surface area contributed by atoms with Crippen LogP contribution in [0.3, 0.4) is 0 Å². The molecule has 0 unspecified atom stereocenters. The summed E-state index contributed by atoms with van der Waals surface area (Å²) < 4.78 is 2.19. The van der Waals surface area contributed by atoms with Gasteiger partial charge in [0.15, 0.2) is 0 Å². The topological polar surface area (TPSA) is 21.1 Å². The zero-order valence-electron chi connectivity index (χ0n) is 11.3. The van der Waals surface area contributed by atoms with Crippen molar-refractivity contribution in [3.05, 3.63) is 18.2 Å². The summed E-state index contributed by atoms with van der Waals surface area (Å²) in [6, 6.07) is 0. The second-order valence-electron chi connectivity index (χ2n) is 5.27. The van der Waals surface area contributed by atoms with Gasteiger partial charge in [0.2, 0.25) is 0 Å². The molecule has 16 heavy (non-hydrogen) atoms. The summed E-state index contributed by atoms with van der Waals surface area (Å²) in [5.74, 6) is 0. The van der Waals surface area contributed by atoms with Crippen LogP contribution in [0, 0.1) is 0 Å². The van der Waals surface area contributed by atoms with Crippen molar-refractivity contribution in [2.45, 2.75) is 46.6 Å². The lowest BCUT2D eigenvalue weighted by atomic mass is 9.93. The van der Waals surface area contributed by atoms with E-state index in [0.717, 1.165) is 26.2 Å². The van der Waals surface area contributed by atoms with E-state index < -0.39 is 0 Å². The van der Waals surface area contributed by atoms with Crippen LogP contribution >= 0.6 is 0 Å². The van der Waals surface area contributed by atoms with Crippen LogP contribution in [-0.4, -0.2) is 34.1 Å². The van der Waals surface area contributed by atoms with Gasteiger partial charge in [-0.05, 0) is 13.1 Å². The van der Waals surface area contributed by atoms with Gasteiger partial charge in [-0.25, -0.2) is 4.98 Å². The van der Waals surface area contributed by atoms with E-state index in [2.05, 4.69) is 55.3 Å². The van der Waals surface area contributed by atoms with E-state index in [1.807, 2.05) is 6.33 Å². The highest BCUT2D eigenvalue weighted by atomic mass is 15.1. The zero-order chi connectivity index (χ0) is 12.2. The molecule has 1 aromatic heterocycles. The van der Waals surface area contributed by atoms with Crippen molar-refractivity contribution >= 4 is 0 Å². The van der Waals surface area contributed by atoms with Gasteiger partial charge in [0.25, 0.3) is 0 Å². The number of nitrogens with zero attached hydrogens (tertiary/aromatic N) is 3. The molecule has 0 radical (unpaired) electrons. The minimum absolute atomic E-state index is 0.153. The molecule has 0 atom stereocenters. The first-order chi connectivity index (χ1) is 7.47. The van der Waals surface area contributed by atoms with Crippen LogP contribution in [-0.2, 0) is 12.0 Å². The second kappa shape index (κ2) is 5.48. The Morgan fingerprint density at radius 3 is 2.31 bits per heavy atom. The monoisotopic (exact) mass is 223 g/mol. The van der Waals surface area contributed by atoms with Crippen molar-refractivity contribution < 1.29 is 0 Å². The van der Waals surface area contributed by atoms with E-state index in [9.17, 15) is 0 Å². The molecule has 0 aliphatic rings. The summed E-state index contributed by atoms with van der Waals surface area (Å²) in [5.41, 5.74) is 1.33. The Hall–Kier alpha value is -0.830. The highest BCUT2D eigenvalue weighted by molar-refractivity contribution is 5.08. The van der Waals surface area contributed by atoms with Crippen LogP contribution in [0.25, 0.3) is 0 Å². The lowest BCUT2D eigenvalue weighted by molar-refractivity contribution is 0.290. The molecular formula is C13H25N3. The third-order valence-corrected chi connectivity index (χ3v) is 2.97. The van der Waals surface area contributed by atoms with Crippen molar-refractivity contribution in [1.82, 2.24) is 14.5 Å². The van der Waals surface area contributed by atoms with Crippen LogP contribution in [0.15, 0.2) is 12.5 Å². The smallest absolute Gasteiger partial charge is 0.0950 e. The molecule has 0 aliphatic heterocycles. The fourth-order valence-corrected chi connectivity index (χ4v) is 1.67. The van der Waals surface area contributed by atoms with Crippen molar-refractivity contribution in [2.75, 3.05) is 19.6 Å².